The van der Waals surface area contributed by atoms with Gasteiger partial charge in [0, 0.05) is 56.8 Å². The highest BCUT2D eigenvalue weighted by atomic mass is 16.5. The van der Waals surface area contributed by atoms with Crippen molar-refractivity contribution in [3.8, 4) is 5.88 Å². The Morgan fingerprint density at radius 3 is 2.73 bits per heavy atom. The largest absolute Gasteiger partial charge is 0.477 e. The van der Waals surface area contributed by atoms with Crippen LogP contribution in [0.25, 0.3) is 0 Å². The van der Waals surface area contributed by atoms with Crippen molar-refractivity contribution in [2.24, 2.45) is 11.8 Å². The zero-order valence-electron chi connectivity index (χ0n) is 17.5. The molecule has 0 aromatic carbocycles. The summed E-state index contributed by atoms with van der Waals surface area (Å²) in [5, 5.41) is 3.82. The summed E-state index contributed by atoms with van der Waals surface area (Å²) in [4.78, 5) is 32.9. The predicted octanol–water partition coefficient (Wildman–Crippen LogP) is 2.47. The van der Waals surface area contributed by atoms with Crippen LogP contribution in [0, 0.1) is 25.7 Å². The van der Waals surface area contributed by atoms with E-state index in [1.54, 1.807) is 19.2 Å². The third-order valence-electron chi connectivity index (χ3n) is 5.88. The number of carbonyl (C=O) groups is 2. The molecule has 0 N–H and O–H groups in total. The van der Waals surface area contributed by atoms with Crippen LogP contribution in [-0.4, -0.2) is 64.5 Å². The van der Waals surface area contributed by atoms with E-state index < -0.39 is 0 Å². The SMILES string of the molecule is Cc1ccnc(OCC2CC(=O)N(CC3CCN(C(=O)c4cc(C)on4)CC3)C2)c1. The van der Waals surface area contributed by atoms with Crippen LogP contribution in [-0.2, 0) is 4.79 Å². The van der Waals surface area contributed by atoms with Gasteiger partial charge in [0.25, 0.3) is 5.91 Å². The number of likely N-dealkylation sites (tertiary alicyclic amines) is 2. The van der Waals surface area contributed by atoms with Gasteiger partial charge in [0.15, 0.2) is 5.69 Å². The van der Waals surface area contributed by atoms with Crippen LogP contribution in [0.2, 0.25) is 0 Å². The molecule has 0 saturated carbocycles. The van der Waals surface area contributed by atoms with Gasteiger partial charge in [-0.25, -0.2) is 4.98 Å². The van der Waals surface area contributed by atoms with Crippen molar-refractivity contribution in [3.63, 3.8) is 0 Å². The van der Waals surface area contributed by atoms with Crippen LogP contribution in [0.1, 0.15) is 41.1 Å². The van der Waals surface area contributed by atoms with Crippen molar-refractivity contribution in [3.05, 3.63) is 41.4 Å². The first-order valence-electron chi connectivity index (χ1n) is 10.5. The summed E-state index contributed by atoms with van der Waals surface area (Å²) in [5.74, 6) is 1.96. The first kappa shape index (κ1) is 20.4. The minimum Gasteiger partial charge on any atom is -0.477 e. The molecule has 8 heteroatoms. The molecular weight excluding hydrogens is 384 g/mol. The van der Waals surface area contributed by atoms with Gasteiger partial charge in [-0.15, -0.1) is 0 Å². The quantitative estimate of drug-likeness (QED) is 0.724. The monoisotopic (exact) mass is 412 g/mol. The van der Waals surface area contributed by atoms with Gasteiger partial charge in [0.05, 0.1) is 6.61 Å². The lowest BCUT2D eigenvalue weighted by Gasteiger charge is -2.33. The third-order valence-corrected chi connectivity index (χ3v) is 5.88. The topological polar surface area (TPSA) is 88.8 Å². The van der Waals surface area contributed by atoms with E-state index in [0.717, 1.165) is 31.5 Å². The molecule has 0 aliphatic carbocycles. The molecule has 0 bridgehead atoms. The summed E-state index contributed by atoms with van der Waals surface area (Å²) in [6.45, 7) is 7.12. The van der Waals surface area contributed by atoms with Gasteiger partial charge in [0.2, 0.25) is 11.8 Å². The fraction of sp³-hybridized carbons (Fsp3) is 0.545. The van der Waals surface area contributed by atoms with E-state index in [1.807, 2.05) is 28.9 Å². The normalized spacial score (nSPS) is 20.1. The van der Waals surface area contributed by atoms with E-state index in [1.165, 1.54) is 0 Å². The van der Waals surface area contributed by atoms with Gasteiger partial charge >= 0.3 is 0 Å². The van der Waals surface area contributed by atoms with Gasteiger partial charge in [-0.3, -0.25) is 9.59 Å². The molecule has 0 spiro atoms. The van der Waals surface area contributed by atoms with Gasteiger partial charge in [-0.1, -0.05) is 5.16 Å². The van der Waals surface area contributed by atoms with E-state index in [4.69, 9.17) is 9.26 Å². The van der Waals surface area contributed by atoms with Crippen LogP contribution in [0.3, 0.4) is 0 Å². The lowest BCUT2D eigenvalue weighted by atomic mass is 9.96. The van der Waals surface area contributed by atoms with E-state index >= 15 is 0 Å². The molecule has 1 atom stereocenters. The molecule has 2 fully saturated rings. The average Bonchev–Trinajstić information content (AvgIpc) is 3.32. The van der Waals surface area contributed by atoms with Crippen LogP contribution in [0.15, 0.2) is 28.9 Å². The van der Waals surface area contributed by atoms with E-state index in [9.17, 15) is 9.59 Å². The highest BCUT2D eigenvalue weighted by Crippen LogP contribution is 2.25. The van der Waals surface area contributed by atoms with Gasteiger partial charge in [0.1, 0.15) is 5.76 Å². The molecule has 0 radical (unpaired) electrons. The van der Waals surface area contributed by atoms with Crippen molar-refractivity contribution in [1.82, 2.24) is 19.9 Å². The van der Waals surface area contributed by atoms with Crippen molar-refractivity contribution in [2.45, 2.75) is 33.1 Å². The molecule has 4 rings (SSSR count). The minimum atomic E-state index is -0.0791. The second-order valence-corrected chi connectivity index (χ2v) is 8.41. The number of hydrogen-bond donors (Lipinski definition) is 0. The molecule has 2 aromatic rings. The number of piperidine rings is 1. The van der Waals surface area contributed by atoms with E-state index in [2.05, 4.69) is 10.1 Å². The smallest absolute Gasteiger partial charge is 0.276 e. The second-order valence-electron chi connectivity index (χ2n) is 8.41. The van der Waals surface area contributed by atoms with Gasteiger partial charge in [-0.2, -0.15) is 0 Å². The number of nitrogens with zero attached hydrogens (tertiary/aromatic N) is 4. The summed E-state index contributed by atoms with van der Waals surface area (Å²) in [6.07, 6.45) is 4.04. The standard InChI is InChI=1S/C22H28N4O4/c1-15-3-6-23-20(9-15)29-14-18-11-21(27)26(13-18)12-17-4-7-25(8-5-17)22(28)19-10-16(2)30-24-19/h3,6,9-10,17-18H,4-5,7-8,11-14H2,1-2H3. The molecule has 160 valence electrons. The molecule has 4 heterocycles. The molecular formula is C22H28N4O4. The van der Waals surface area contributed by atoms with E-state index in [0.29, 0.717) is 49.4 Å². The van der Waals surface area contributed by atoms with Crippen molar-refractivity contribution in [1.29, 1.82) is 0 Å². The first-order chi connectivity index (χ1) is 14.5. The molecule has 2 aliphatic rings. The van der Waals surface area contributed by atoms with Crippen LogP contribution >= 0.6 is 0 Å². The Balaban J connectivity index is 1.22. The summed E-state index contributed by atoms with van der Waals surface area (Å²) in [7, 11) is 0. The Morgan fingerprint density at radius 2 is 2.03 bits per heavy atom. The van der Waals surface area contributed by atoms with Crippen molar-refractivity contribution < 1.29 is 18.8 Å². The maximum Gasteiger partial charge on any atom is 0.276 e. The highest BCUT2D eigenvalue weighted by Gasteiger charge is 2.33. The number of carbonyl (C=O) groups excluding carboxylic acids is 2. The number of hydrogen-bond acceptors (Lipinski definition) is 6. The summed E-state index contributed by atoms with van der Waals surface area (Å²) in [5.41, 5.74) is 1.47. The second kappa shape index (κ2) is 8.85. The molecule has 2 saturated heterocycles. The number of aryl methyl sites for hydroxylation is 2. The third kappa shape index (κ3) is 4.80. The number of pyridine rings is 1. The Bertz CT molecular complexity index is 904. The summed E-state index contributed by atoms with van der Waals surface area (Å²) in [6, 6.07) is 5.51. The Morgan fingerprint density at radius 1 is 1.23 bits per heavy atom. The molecule has 1 unspecified atom stereocenters. The average molecular weight is 412 g/mol. The Hall–Kier alpha value is -2.90. The minimum absolute atomic E-state index is 0.0791. The maximum absolute atomic E-state index is 12.5. The number of aromatic nitrogens is 2. The maximum atomic E-state index is 12.5. The molecule has 2 aliphatic heterocycles. The zero-order valence-corrected chi connectivity index (χ0v) is 17.5. The summed E-state index contributed by atoms with van der Waals surface area (Å²) >= 11 is 0. The van der Waals surface area contributed by atoms with Crippen LogP contribution in [0.5, 0.6) is 5.88 Å². The summed E-state index contributed by atoms with van der Waals surface area (Å²) < 4.78 is 10.8. The van der Waals surface area contributed by atoms with Gasteiger partial charge in [-0.05, 0) is 44.2 Å². The fourth-order valence-corrected chi connectivity index (χ4v) is 4.19. The fourth-order valence-electron chi connectivity index (χ4n) is 4.19. The van der Waals surface area contributed by atoms with Crippen LogP contribution < -0.4 is 4.74 Å². The lowest BCUT2D eigenvalue weighted by Crippen LogP contribution is -2.42. The lowest BCUT2D eigenvalue weighted by molar-refractivity contribution is -0.128. The van der Waals surface area contributed by atoms with E-state index in [-0.39, 0.29) is 17.7 Å². The highest BCUT2D eigenvalue weighted by molar-refractivity contribution is 5.92. The van der Waals surface area contributed by atoms with Gasteiger partial charge < -0.3 is 19.1 Å². The Labute approximate surface area is 176 Å². The van der Waals surface area contributed by atoms with Crippen LogP contribution in [0.4, 0.5) is 0 Å². The number of ether oxygens (including phenoxy) is 1. The number of amides is 2. The molecule has 8 nitrogen and oxygen atoms in total. The van der Waals surface area contributed by atoms with Crippen molar-refractivity contribution >= 4 is 11.8 Å². The molecule has 2 aromatic heterocycles. The zero-order chi connectivity index (χ0) is 21.1. The number of rotatable bonds is 6. The first-order valence-corrected chi connectivity index (χ1v) is 10.5. The predicted molar refractivity (Wildman–Crippen MR) is 109 cm³/mol. The Kier molecular flexibility index (Phi) is 6.01. The molecule has 2 amide bonds. The van der Waals surface area contributed by atoms with Crippen molar-refractivity contribution in [2.75, 3.05) is 32.8 Å². The molecule has 30 heavy (non-hydrogen) atoms.